The monoisotopic (exact) mass is 445 g/mol. The van der Waals surface area contributed by atoms with E-state index in [2.05, 4.69) is 64.7 Å². The molecular formula is C29H39N3O. The zero-order valence-electron chi connectivity index (χ0n) is 21.3. The predicted molar refractivity (Wildman–Crippen MR) is 141 cm³/mol. The van der Waals surface area contributed by atoms with Crippen molar-refractivity contribution in [2.45, 2.75) is 73.1 Å². The molecule has 0 saturated carbocycles. The molecule has 4 aromatic rings. The van der Waals surface area contributed by atoms with Crippen LogP contribution in [-0.2, 0) is 5.41 Å². The van der Waals surface area contributed by atoms with Crippen LogP contribution in [0.1, 0.15) is 73.3 Å². The highest BCUT2D eigenvalue weighted by atomic mass is 16.3. The molecule has 0 radical (unpaired) electrons. The molecule has 4 heteroatoms. The topological polar surface area (TPSA) is 50.9 Å². The molecule has 0 amide bonds. The number of aromatic nitrogens is 3. The molecule has 0 spiro atoms. The van der Waals surface area contributed by atoms with Gasteiger partial charge in [0.15, 0.2) is 5.75 Å². The van der Waals surface area contributed by atoms with Crippen molar-refractivity contribution in [3.05, 3.63) is 72.3 Å². The van der Waals surface area contributed by atoms with Gasteiger partial charge in [0.2, 0.25) is 0 Å². The maximum Gasteiger partial charge on any atom is 0.150 e. The minimum atomic E-state index is -0.0292. The summed E-state index contributed by atoms with van der Waals surface area (Å²) in [5.41, 5.74) is 5.10. The van der Waals surface area contributed by atoms with Crippen LogP contribution in [0.5, 0.6) is 5.75 Å². The number of benzene rings is 3. The lowest BCUT2D eigenvalue weighted by atomic mass is 9.80. The predicted octanol–water partition coefficient (Wildman–Crippen LogP) is 8.31. The number of fused-ring (bicyclic) bond motifs is 1. The Morgan fingerprint density at radius 2 is 1.24 bits per heavy atom. The largest absolute Gasteiger partial charge is 0.505 e. The van der Waals surface area contributed by atoms with Gasteiger partial charge in [-0.15, -0.1) is 15.0 Å². The van der Waals surface area contributed by atoms with Crippen LogP contribution in [0, 0.1) is 0 Å². The molecule has 0 saturated heterocycles. The van der Waals surface area contributed by atoms with E-state index in [1.807, 2.05) is 60.7 Å². The maximum absolute atomic E-state index is 11.1. The normalized spacial score (nSPS) is 10.8. The van der Waals surface area contributed by atoms with Gasteiger partial charge in [-0.2, -0.15) is 0 Å². The van der Waals surface area contributed by atoms with Crippen LogP contribution in [0.2, 0.25) is 0 Å². The van der Waals surface area contributed by atoms with E-state index in [9.17, 15) is 5.11 Å². The number of aromatic hydroxyl groups is 1. The number of hydrogen-bond donors (Lipinski definition) is 1. The Balaban J connectivity index is 0.000000582. The third-order valence-electron chi connectivity index (χ3n) is 5.34. The van der Waals surface area contributed by atoms with Crippen molar-refractivity contribution in [2.24, 2.45) is 0 Å². The maximum atomic E-state index is 11.1. The molecule has 0 atom stereocenters. The standard InChI is InChI=1S/C23H23N3O.2C3H8/c1-4-23(2,3)17-14-18(16-10-6-5-7-11-16)22(27)21(15-17)26-24-19-12-8-9-13-20(19)25-26;2*1-3-2/h5-15,27H,4H2,1-3H3;2*3H2,1-2H3. The first-order chi connectivity index (χ1) is 15.8. The van der Waals surface area contributed by atoms with E-state index >= 15 is 0 Å². The van der Waals surface area contributed by atoms with E-state index in [0.29, 0.717) is 5.69 Å². The quantitative estimate of drug-likeness (QED) is 0.343. The first-order valence-electron chi connectivity index (χ1n) is 12.1. The van der Waals surface area contributed by atoms with Crippen LogP contribution in [0.15, 0.2) is 66.7 Å². The number of rotatable bonds is 4. The zero-order valence-corrected chi connectivity index (χ0v) is 21.3. The van der Waals surface area contributed by atoms with Crippen LogP contribution >= 0.6 is 0 Å². The van der Waals surface area contributed by atoms with E-state index < -0.39 is 0 Å². The van der Waals surface area contributed by atoms with Gasteiger partial charge in [-0.05, 0) is 47.2 Å². The summed E-state index contributed by atoms with van der Waals surface area (Å²) in [6.45, 7) is 15.1. The van der Waals surface area contributed by atoms with Crippen LogP contribution in [0.3, 0.4) is 0 Å². The Bertz CT molecular complexity index is 1100. The SMILES string of the molecule is CCC.CCC.CCC(C)(C)c1cc(-c2ccccc2)c(O)c(-n2nc3ccccc3n2)c1. The summed E-state index contributed by atoms with van der Waals surface area (Å²) in [4.78, 5) is 1.54. The van der Waals surface area contributed by atoms with Gasteiger partial charge in [-0.25, -0.2) is 0 Å². The molecule has 0 unspecified atom stereocenters. The highest BCUT2D eigenvalue weighted by molar-refractivity contribution is 5.77. The Hall–Kier alpha value is -3.14. The lowest BCUT2D eigenvalue weighted by Gasteiger charge is -2.25. The van der Waals surface area contributed by atoms with Gasteiger partial charge in [-0.3, -0.25) is 0 Å². The van der Waals surface area contributed by atoms with Gasteiger partial charge in [0, 0.05) is 5.56 Å². The summed E-state index contributed by atoms with van der Waals surface area (Å²) in [6.07, 6.45) is 3.49. The molecule has 0 fully saturated rings. The molecule has 33 heavy (non-hydrogen) atoms. The van der Waals surface area contributed by atoms with Gasteiger partial charge in [-0.1, -0.05) is 104 Å². The summed E-state index contributed by atoms with van der Waals surface area (Å²) >= 11 is 0. The van der Waals surface area contributed by atoms with Crippen LogP contribution in [0.25, 0.3) is 27.8 Å². The van der Waals surface area contributed by atoms with Gasteiger partial charge in [0.05, 0.1) is 0 Å². The Labute approximate surface area is 199 Å². The van der Waals surface area contributed by atoms with E-state index in [1.165, 1.54) is 12.8 Å². The Morgan fingerprint density at radius 1 is 0.758 bits per heavy atom. The summed E-state index contributed by atoms with van der Waals surface area (Å²) in [6, 6.07) is 21.8. The van der Waals surface area contributed by atoms with Gasteiger partial charge in [0.1, 0.15) is 16.7 Å². The molecule has 1 N–H and O–H groups in total. The van der Waals surface area contributed by atoms with Crippen molar-refractivity contribution in [2.75, 3.05) is 0 Å². The van der Waals surface area contributed by atoms with E-state index in [4.69, 9.17) is 0 Å². The fourth-order valence-electron chi connectivity index (χ4n) is 3.17. The zero-order chi connectivity index (χ0) is 24.4. The van der Waals surface area contributed by atoms with Gasteiger partial charge >= 0.3 is 0 Å². The second-order valence-corrected chi connectivity index (χ2v) is 8.89. The van der Waals surface area contributed by atoms with Crippen molar-refractivity contribution in [3.63, 3.8) is 0 Å². The summed E-state index contributed by atoms with van der Waals surface area (Å²) in [7, 11) is 0. The van der Waals surface area contributed by atoms with Crippen LogP contribution < -0.4 is 0 Å². The van der Waals surface area contributed by atoms with Crippen molar-refractivity contribution in [1.82, 2.24) is 15.0 Å². The van der Waals surface area contributed by atoms with Crippen LogP contribution in [-0.4, -0.2) is 20.1 Å². The number of hydrogen-bond acceptors (Lipinski definition) is 3. The average molecular weight is 446 g/mol. The smallest absolute Gasteiger partial charge is 0.150 e. The number of phenolic OH excluding ortho intramolecular Hbond substituents is 1. The fraction of sp³-hybridized carbons (Fsp3) is 0.379. The number of phenols is 1. The molecule has 4 nitrogen and oxygen atoms in total. The highest BCUT2D eigenvalue weighted by Crippen LogP contribution is 2.39. The van der Waals surface area contributed by atoms with Crippen molar-refractivity contribution < 1.29 is 5.11 Å². The second kappa shape index (κ2) is 12.2. The lowest BCUT2D eigenvalue weighted by molar-refractivity contribution is 0.465. The molecule has 4 rings (SSSR count). The Morgan fingerprint density at radius 3 is 1.73 bits per heavy atom. The molecule has 1 heterocycles. The molecule has 176 valence electrons. The van der Waals surface area contributed by atoms with Crippen molar-refractivity contribution >= 4 is 11.0 Å². The highest BCUT2D eigenvalue weighted by Gasteiger charge is 2.23. The number of nitrogens with zero attached hydrogens (tertiary/aromatic N) is 3. The minimum Gasteiger partial charge on any atom is -0.505 e. The fourth-order valence-corrected chi connectivity index (χ4v) is 3.17. The first kappa shape index (κ1) is 26.1. The van der Waals surface area contributed by atoms with E-state index in [-0.39, 0.29) is 11.2 Å². The lowest BCUT2D eigenvalue weighted by Crippen LogP contribution is -2.16. The van der Waals surface area contributed by atoms with Crippen molar-refractivity contribution in [3.8, 4) is 22.6 Å². The average Bonchev–Trinajstić information content (AvgIpc) is 3.25. The van der Waals surface area contributed by atoms with Gasteiger partial charge < -0.3 is 5.11 Å². The molecule has 0 aliphatic heterocycles. The molecule has 0 aliphatic carbocycles. The third-order valence-corrected chi connectivity index (χ3v) is 5.34. The van der Waals surface area contributed by atoms with E-state index in [1.54, 1.807) is 4.80 Å². The first-order valence-corrected chi connectivity index (χ1v) is 12.1. The second-order valence-electron chi connectivity index (χ2n) is 8.89. The molecule has 0 bridgehead atoms. The van der Waals surface area contributed by atoms with Gasteiger partial charge in [0.25, 0.3) is 0 Å². The summed E-state index contributed by atoms with van der Waals surface area (Å²) < 4.78 is 0. The summed E-state index contributed by atoms with van der Waals surface area (Å²) in [5.74, 6) is 0.192. The third kappa shape index (κ3) is 6.44. The Kier molecular flexibility index (Phi) is 9.65. The molecule has 3 aromatic carbocycles. The minimum absolute atomic E-state index is 0.0292. The summed E-state index contributed by atoms with van der Waals surface area (Å²) in [5, 5.41) is 20.2. The molecular weight excluding hydrogens is 406 g/mol. The molecule has 0 aliphatic rings. The van der Waals surface area contributed by atoms with E-state index in [0.717, 1.165) is 34.1 Å². The molecule has 1 aromatic heterocycles. The van der Waals surface area contributed by atoms with Crippen LogP contribution in [0.4, 0.5) is 0 Å². The van der Waals surface area contributed by atoms with Crippen molar-refractivity contribution in [1.29, 1.82) is 0 Å².